The number of alkyl halides is 3. The second-order valence-corrected chi connectivity index (χ2v) is 10.3. The Bertz CT molecular complexity index is 1120. The number of rotatable bonds is 7. The minimum absolute atomic E-state index is 0.0189. The highest BCUT2D eigenvalue weighted by Crippen LogP contribution is 2.33. The van der Waals surface area contributed by atoms with E-state index in [0.29, 0.717) is 48.9 Å². The topological polar surface area (TPSA) is 81.7 Å². The number of nitrogens with one attached hydrogen (secondary N) is 2. The van der Waals surface area contributed by atoms with Crippen molar-refractivity contribution >= 4 is 34.9 Å². The molecule has 1 heterocycles. The summed E-state index contributed by atoms with van der Waals surface area (Å²) in [5.74, 6) is -1.11. The molecule has 2 aromatic rings. The van der Waals surface area contributed by atoms with Gasteiger partial charge >= 0.3 is 12.1 Å². The van der Waals surface area contributed by atoms with Crippen LogP contribution in [0.2, 0.25) is 5.02 Å². The number of anilines is 2. The number of carboxylic acid groups (broad SMARTS) is 1. The van der Waals surface area contributed by atoms with Crippen LogP contribution in [0.25, 0.3) is 0 Å². The van der Waals surface area contributed by atoms with Gasteiger partial charge in [-0.2, -0.15) is 13.2 Å². The van der Waals surface area contributed by atoms with Crippen LogP contribution in [-0.2, 0) is 11.0 Å². The summed E-state index contributed by atoms with van der Waals surface area (Å²) in [6.07, 6.45) is 0.561. The number of hydrogen-bond acceptors (Lipinski definition) is 4. The molecule has 2 fully saturated rings. The first kappa shape index (κ1) is 27.1. The first-order valence-corrected chi connectivity index (χ1v) is 13.0. The maximum atomic E-state index is 13.1. The first-order chi connectivity index (χ1) is 17.6. The van der Waals surface area contributed by atoms with Crippen molar-refractivity contribution in [3.05, 3.63) is 58.6 Å². The van der Waals surface area contributed by atoms with Gasteiger partial charge in [0.25, 0.3) is 0 Å². The summed E-state index contributed by atoms with van der Waals surface area (Å²) in [5.41, 5.74) is 0.454. The fourth-order valence-corrected chi connectivity index (χ4v) is 5.48. The Kier molecular flexibility index (Phi) is 8.52. The number of amides is 1. The Hall–Kier alpha value is -2.94. The summed E-state index contributed by atoms with van der Waals surface area (Å²) in [6.45, 7) is 1.54. The number of piperidine rings is 1. The Balaban J connectivity index is 1.32. The molecular formula is C27H31ClF3N3O3. The van der Waals surface area contributed by atoms with Crippen molar-refractivity contribution in [3.63, 3.8) is 0 Å². The molecule has 2 aromatic carbocycles. The summed E-state index contributed by atoms with van der Waals surface area (Å²) in [4.78, 5) is 26.6. The minimum Gasteiger partial charge on any atom is -0.478 e. The lowest BCUT2D eigenvalue weighted by Crippen LogP contribution is -2.48. The largest absolute Gasteiger partial charge is 0.478 e. The van der Waals surface area contributed by atoms with Crippen molar-refractivity contribution in [1.82, 2.24) is 5.32 Å². The molecule has 37 heavy (non-hydrogen) atoms. The van der Waals surface area contributed by atoms with Crippen molar-refractivity contribution in [2.45, 2.75) is 50.7 Å². The van der Waals surface area contributed by atoms with Crippen molar-refractivity contribution in [3.8, 4) is 0 Å². The fourth-order valence-electron chi connectivity index (χ4n) is 5.31. The van der Waals surface area contributed by atoms with Gasteiger partial charge in [-0.05, 0) is 68.0 Å². The first-order valence-electron chi connectivity index (χ1n) is 12.6. The highest BCUT2D eigenvalue weighted by Gasteiger charge is 2.33. The van der Waals surface area contributed by atoms with E-state index in [4.69, 9.17) is 11.6 Å². The van der Waals surface area contributed by atoms with E-state index in [9.17, 15) is 27.9 Å². The predicted octanol–water partition coefficient (Wildman–Crippen LogP) is 6.06. The van der Waals surface area contributed by atoms with E-state index in [0.717, 1.165) is 37.8 Å². The monoisotopic (exact) mass is 537 g/mol. The number of nitrogens with zero attached hydrogens (tertiary/aromatic N) is 1. The van der Waals surface area contributed by atoms with Crippen LogP contribution in [0.3, 0.4) is 0 Å². The van der Waals surface area contributed by atoms with Crippen LogP contribution >= 0.6 is 11.6 Å². The number of benzene rings is 2. The van der Waals surface area contributed by atoms with Gasteiger partial charge in [0.2, 0.25) is 5.91 Å². The molecular weight excluding hydrogens is 507 g/mol. The lowest BCUT2D eigenvalue weighted by molar-refractivity contribution is -0.137. The molecule has 0 spiro atoms. The average molecular weight is 538 g/mol. The van der Waals surface area contributed by atoms with Crippen LogP contribution in [0.5, 0.6) is 0 Å². The molecule has 0 bridgehead atoms. The molecule has 1 saturated carbocycles. The Morgan fingerprint density at radius 2 is 1.76 bits per heavy atom. The highest BCUT2D eigenvalue weighted by molar-refractivity contribution is 6.31. The zero-order valence-electron chi connectivity index (χ0n) is 20.4. The highest BCUT2D eigenvalue weighted by atomic mass is 35.5. The van der Waals surface area contributed by atoms with Crippen LogP contribution in [-0.4, -0.2) is 42.7 Å². The number of carboxylic acids is 1. The van der Waals surface area contributed by atoms with Gasteiger partial charge in [0, 0.05) is 42.3 Å². The summed E-state index contributed by atoms with van der Waals surface area (Å²) < 4.78 is 39.2. The van der Waals surface area contributed by atoms with Gasteiger partial charge in [-0.15, -0.1) is 0 Å². The van der Waals surface area contributed by atoms with E-state index >= 15 is 0 Å². The van der Waals surface area contributed by atoms with Crippen LogP contribution < -0.4 is 15.5 Å². The molecule has 1 aliphatic carbocycles. The van der Waals surface area contributed by atoms with E-state index in [2.05, 4.69) is 10.6 Å². The third-order valence-electron chi connectivity index (χ3n) is 7.41. The van der Waals surface area contributed by atoms with Gasteiger partial charge in [-0.1, -0.05) is 30.5 Å². The zero-order chi connectivity index (χ0) is 26.6. The van der Waals surface area contributed by atoms with Crippen LogP contribution in [0.15, 0.2) is 42.5 Å². The van der Waals surface area contributed by atoms with Gasteiger partial charge in [0.05, 0.1) is 16.8 Å². The summed E-state index contributed by atoms with van der Waals surface area (Å²) in [5, 5.41) is 16.3. The lowest BCUT2D eigenvalue weighted by atomic mass is 9.83. The molecule has 0 radical (unpaired) electrons. The van der Waals surface area contributed by atoms with E-state index in [-0.39, 0.29) is 29.3 Å². The number of carbonyl (C=O) groups excluding carboxylic acids is 1. The number of aromatic carboxylic acids is 1. The lowest BCUT2D eigenvalue weighted by Gasteiger charge is -2.36. The van der Waals surface area contributed by atoms with Gasteiger partial charge in [0.15, 0.2) is 0 Å². The smallest absolute Gasteiger partial charge is 0.416 e. The number of halogens is 4. The molecule has 1 saturated heterocycles. The second kappa shape index (κ2) is 11.6. The van der Waals surface area contributed by atoms with Crippen molar-refractivity contribution in [2.24, 2.45) is 11.8 Å². The molecule has 10 heteroatoms. The zero-order valence-corrected chi connectivity index (χ0v) is 21.1. The molecule has 6 nitrogen and oxygen atoms in total. The van der Waals surface area contributed by atoms with E-state index in [1.54, 1.807) is 12.1 Å². The van der Waals surface area contributed by atoms with Crippen LogP contribution in [0.4, 0.5) is 24.5 Å². The molecule has 4 rings (SSSR count). The van der Waals surface area contributed by atoms with Crippen molar-refractivity contribution in [1.29, 1.82) is 0 Å². The molecule has 2 atom stereocenters. The maximum Gasteiger partial charge on any atom is 0.416 e. The molecule has 0 aromatic heterocycles. The van der Waals surface area contributed by atoms with Gasteiger partial charge in [-0.25, -0.2) is 4.79 Å². The fraction of sp³-hybridized carbons (Fsp3) is 0.481. The van der Waals surface area contributed by atoms with E-state index in [1.165, 1.54) is 18.2 Å². The Labute approximate surface area is 219 Å². The number of carbonyl (C=O) groups is 2. The summed E-state index contributed by atoms with van der Waals surface area (Å²) in [6, 6.07) is 9.89. The summed E-state index contributed by atoms with van der Waals surface area (Å²) in [7, 11) is 0. The SMILES string of the molecule is O=C(O)c1ccc(Cl)cc1NC[C@@H]1CCCC[C@@H]1NC(=O)C1CCN(c2cccc(C(F)(F)F)c2)CC1. The second-order valence-electron chi connectivity index (χ2n) is 9.84. The predicted molar refractivity (Wildman–Crippen MR) is 137 cm³/mol. The molecule has 1 amide bonds. The Morgan fingerprint density at radius 3 is 2.46 bits per heavy atom. The van der Waals surface area contributed by atoms with E-state index < -0.39 is 17.7 Å². The van der Waals surface area contributed by atoms with Gasteiger partial charge in [-0.3, -0.25) is 4.79 Å². The van der Waals surface area contributed by atoms with Crippen LogP contribution in [0, 0.1) is 11.8 Å². The van der Waals surface area contributed by atoms with Crippen molar-refractivity contribution in [2.75, 3.05) is 29.9 Å². The van der Waals surface area contributed by atoms with E-state index in [1.807, 2.05) is 4.90 Å². The molecule has 3 N–H and O–H groups in total. The molecule has 2 aliphatic rings. The van der Waals surface area contributed by atoms with Gasteiger partial charge < -0.3 is 20.6 Å². The normalized spacial score (nSPS) is 20.9. The van der Waals surface area contributed by atoms with Crippen LogP contribution in [0.1, 0.15) is 54.4 Å². The third-order valence-corrected chi connectivity index (χ3v) is 7.64. The summed E-state index contributed by atoms with van der Waals surface area (Å²) >= 11 is 6.06. The van der Waals surface area contributed by atoms with Gasteiger partial charge in [0.1, 0.15) is 0 Å². The standard InChI is InChI=1S/C27H31ClF3N3O3/c28-20-8-9-22(26(36)37)24(15-20)32-16-18-4-1-2-7-23(18)33-25(35)17-10-12-34(13-11-17)21-6-3-5-19(14-21)27(29,30)31/h3,5-6,8-9,14-15,17-18,23,32H,1-2,4,7,10-13,16H2,(H,33,35)(H,36,37)/t18-,23-/m0/s1. The molecule has 0 unspecified atom stereocenters. The maximum absolute atomic E-state index is 13.1. The van der Waals surface area contributed by atoms with Crippen molar-refractivity contribution < 1.29 is 27.9 Å². The molecule has 1 aliphatic heterocycles. The minimum atomic E-state index is -4.39. The average Bonchev–Trinajstić information content (AvgIpc) is 2.87. The quantitative estimate of drug-likeness (QED) is 0.400. The molecule has 200 valence electrons. The third kappa shape index (κ3) is 6.89. The Morgan fingerprint density at radius 1 is 1.03 bits per heavy atom. The number of hydrogen-bond donors (Lipinski definition) is 3.